The summed E-state index contributed by atoms with van der Waals surface area (Å²) in [6, 6.07) is 15.6. The quantitative estimate of drug-likeness (QED) is 0.163. The van der Waals surface area contributed by atoms with E-state index in [1.165, 1.54) is 45.4 Å². The number of allylic oxidation sites excluding steroid dienone is 1. The van der Waals surface area contributed by atoms with Crippen molar-refractivity contribution in [2.24, 2.45) is 0 Å². The molecule has 0 unspecified atom stereocenters. The molecule has 0 aliphatic carbocycles. The summed E-state index contributed by atoms with van der Waals surface area (Å²) < 4.78 is 10.9. The SMILES string of the molecule is C=CCCCCCCCCCOc1ccc(-c2ccc(OC(C)=O)cc2)cc1. The minimum Gasteiger partial charge on any atom is -0.494 e. The van der Waals surface area contributed by atoms with Crippen LogP contribution >= 0.6 is 0 Å². The predicted molar refractivity (Wildman–Crippen MR) is 116 cm³/mol. The van der Waals surface area contributed by atoms with Gasteiger partial charge in [-0.2, -0.15) is 0 Å². The molecule has 2 aromatic rings. The summed E-state index contributed by atoms with van der Waals surface area (Å²) in [6.07, 6.45) is 12.0. The van der Waals surface area contributed by atoms with Crippen LogP contribution in [0.4, 0.5) is 0 Å². The molecular weight excluding hydrogens is 348 g/mol. The fourth-order valence-electron chi connectivity index (χ4n) is 3.09. The second-order valence-corrected chi connectivity index (χ2v) is 7.04. The van der Waals surface area contributed by atoms with Gasteiger partial charge in [-0.15, -0.1) is 6.58 Å². The van der Waals surface area contributed by atoms with E-state index in [0.717, 1.165) is 36.3 Å². The molecule has 0 atom stereocenters. The third-order valence-electron chi connectivity index (χ3n) is 4.62. The van der Waals surface area contributed by atoms with E-state index in [-0.39, 0.29) is 5.97 Å². The zero-order valence-electron chi connectivity index (χ0n) is 17.0. The Hall–Kier alpha value is -2.55. The maximum absolute atomic E-state index is 11.0. The second-order valence-electron chi connectivity index (χ2n) is 7.04. The summed E-state index contributed by atoms with van der Waals surface area (Å²) >= 11 is 0. The summed E-state index contributed by atoms with van der Waals surface area (Å²) in [5.74, 6) is 1.16. The number of rotatable bonds is 13. The molecule has 0 bridgehead atoms. The highest BCUT2D eigenvalue weighted by Gasteiger charge is 2.02. The summed E-state index contributed by atoms with van der Waals surface area (Å²) in [5, 5.41) is 0. The lowest BCUT2D eigenvalue weighted by atomic mass is 10.1. The fraction of sp³-hybridized carbons (Fsp3) is 0.400. The zero-order chi connectivity index (χ0) is 20.0. The monoisotopic (exact) mass is 380 g/mol. The molecule has 28 heavy (non-hydrogen) atoms. The Morgan fingerprint density at radius 2 is 1.29 bits per heavy atom. The van der Waals surface area contributed by atoms with Crippen LogP contribution in [-0.2, 0) is 4.79 Å². The number of unbranched alkanes of at least 4 members (excludes halogenated alkanes) is 7. The molecule has 0 amide bonds. The molecule has 0 aromatic heterocycles. The van der Waals surface area contributed by atoms with Crippen molar-refractivity contribution < 1.29 is 14.3 Å². The lowest BCUT2D eigenvalue weighted by molar-refractivity contribution is -0.131. The largest absolute Gasteiger partial charge is 0.494 e. The Morgan fingerprint density at radius 1 is 0.786 bits per heavy atom. The predicted octanol–water partition coefficient (Wildman–Crippen LogP) is 6.96. The van der Waals surface area contributed by atoms with Crippen molar-refractivity contribution in [1.29, 1.82) is 0 Å². The number of carbonyl (C=O) groups is 1. The van der Waals surface area contributed by atoms with Crippen LogP contribution in [0, 0.1) is 0 Å². The normalized spacial score (nSPS) is 10.5. The molecule has 0 saturated heterocycles. The number of benzene rings is 2. The van der Waals surface area contributed by atoms with Gasteiger partial charge in [-0.25, -0.2) is 0 Å². The van der Waals surface area contributed by atoms with Gasteiger partial charge in [-0.3, -0.25) is 4.79 Å². The van der Waals surface area contributed by atoms with E-state index >= 15 is 0 Å². The number of esters is 1. The van der Waals surface area contributed by atoms with Crippen molar-refractivity contribution in [1.82, 2.24) is 0 Å². The van der Waals surface area contributed by atoms with Gasteiger partial charge in [0.1, 0.15) is 11.5 Å². The molecule has 0 saturated carbocycles. The lowest BCUT2D eigenvalue weighted by Gasteiger charge is -2.08. The van der Waals surface area contributed by atoms with Gasteiger partial charge >= 0.3 is 5.97 Å². The standard InChI is InChI=1S/C25H32O3/c1-3-4-5-6-7-8-9-10-11-20-27-24-16-12-22(13-17-24)23-14-18-25(19-15-23)28-21(2)26/h3,12-19H,1,4-11,20H2,2H3. The molecule has 0 heterocycles. The Labute approximate surface area is 169 Å². The molecule has 2 rings (SSSR count). The van der Waals surface area contributed by atoms with E-state index in [0.29, 0.717) is 5.75 Å². The van der Waals surface area contributed by atoms with Crippen molar-refractivity contribution in [2.45, 2.75) is 58.3 Å². The molecule has 150 valence electrons. The first-order chi connectivity index (χ1) is 13.7. The molecule has 0 aliphatic heterocycles. The third kappa shape index (κ3) is 8.43. The zero-order valence-corrected chi connectivity index (χ0v) is 17.0. The summed E-state index contributed by atoms with van der Waals surface area (Å²) in [6.45, 7) is 5.93. The van der Waals surface area contributed by atoms with E-state index in [2.05, 4.69) is 18.7 Å². The van der Waals surface area contributed by atoms with Crippen LogP contribution in [-0.4, -0.2) is 12.6 Å². The average Bonchev–Trinajstić information content (AvgIpc) is 2.70. The van der Waals surface area contributed by atoms with Gasteiger partial charge in [0, 0.05) is 6.92 Å². The smallest absolute Gasteiger partial charge is 0.308 e. The van der Waals surface area contributed by atoms with Gasteiger partial charge in [0.15, 0.2) is 0 Å². The van der Waals surface area contributed by atoms with Gasteiger partial charge in [0.25, 0.3) is 0 Å². The summed E-state index contributed by atoms with van der Waals surface area (Å²) in [5.41, 5.74) is 2.19. The average molecular weight is 381 g/mol. The van der Waals surface area contributed by atoms with Gasteiger partial charge < -0.3 is 9.47 Å². The van der Waals surface area contributed by atoms with Crippen LogP contribution < -0.4 is 9.47 Å². The van der Waals surface area contributed by atoms with Crippen LogP contribution in [0.3, 0.4) is 0 Å². The highest BCUT2D eigenvalue weighted by Crippen LogP contribution is 2.25. The maximum Gasteiger partial charge on any atom is 0.308 e. The van der Waals surface area contributed by atoms with E-state index < -0.39 is 0 Å². The Bertz CT molecular complexity index is 702. The Balaban J connectivity index is 1.64. The molecular formula is C25H32O3. The van der Waals surface area contributed by atoms with Gasteiger partial charge in [-0.1, -0.05) is 62.4 Å². The molecule has 2 aromatic carbocycles. The van der Waals surface area contributed by atoms with Crippen molar-refractivity contribution in [3.63, 3.8) is 0 Å². The fourth-order valence-corrected chi connectivity index (χ4v) is 3.09. The van der Waals surface area contributed by atoms with Crippen LogP contribution in [0.2, 0.25) is 0 Å². The van der Waals surface area contributed by atoms with Gasteiger partial charge in [-0.05, 0) is 54.7 Å². The van der Waals surface area contributed by atoms with Crippen LogP contribution in [0.15, 0.2) is 61.2 Å². The Morgan fingerprint density at radius 3 is 1.82 bits per heavy atom. The van der Waals surface area contributed by atoms with Crippen molar-refractivity contribution >= 4 is 5.97 Å². The first-order valence-corrected chi connectivity index (χ1v) is 10.3. The first-order valence-electron chi connectivity index (χ1n) is 10.3. The molecule has 0 N–H and O–H groups in total. The molecule has 3 heteroatoms. The minimum atomic E-state index is -0.308. The molecule has 0 spiro atoms. The second kappa shape index (κ2) is 12.8. The van der Waals surface area contributed by atoms with Gasteiger partial charge in [0.2, 0.25) is 0 Å². The van der Waals surface area contributed by atoms with E-state index in [1.54, 1.807) is 12.1 Å². The summed E-state index contributed by atoms with van der Waals surface area (Å²) in [7, 11) is 0. The van der Waals surface area contributed by atoms with E-state index in [4.69, 9.17) is 9.47 Å². The maximum atomic E-state index is 11.0. The topological polar surface area (TPSA) is 35.5 Å². The summed E-state index contributed by atoms with van der Waals surface area (Å²) in [4.78, 5) is 11.0. The molecule has 0 fully saturated rings. The van der Waals surface area contributed by atoms with Gasteiger partial charge in [0.05, 0.1) is 6.61 Å². The van der Waals surface area contributed by atoms with E-state index in [9.17, 15) is 4.79 Å². The number of hydrogen-bond donors (Lipinski definition) is 0. The molecule has 0 radical (unpaired) electrons. The van der Waals surface area contributed by atoms with Crippen molar-refractivity contribution in [3.05, 3.63) is 61.2 Å². The van der Waals surface area contributed by atoms with Crippen molar-refractivity contribution in [3.8, 4) is 22.6 Å². The highest BCUT2D eigenvalue weighted by molar-refractivity contribution is 5.70. The van der Waals surface area contributed by atoms with E-state index in [1.807, 2.05) is 30.3 Å². The lowest BCUT2D eigenvalue weighted by Crippen LogP contribution is -2.00. The molecule has 0 aliphatic rings. The first kappa shape index (κ1) is 21.7. The van der Waals surface area contributed by atoms with Crippen LogP contribution in [0.5, 0.6) is 11.5 Å². The third-order valence-corrected chi connectivity index (χ3v) is 4.62. The number of ether oxygens (including phenoxy) is 2. The molecule has 3 nitrogen and oxygen atoms in total. The van der Waals surface area contributed by atoms with Crippen molar-refractivity contribution in [2.75, 3.05) is 6.61 Å². The highest BCUT2D eigenvalue weighted by atomic mass is 16.5. The number of carbonyl (C=O) groups excluding carboxylic acids is 1. The number of hydrogen-bond acceptors (Lipinski definition) is 3. The van der Waals surface area contributed by atoms with Crippen LogP contribution in [0.1, 0.15) is 58.3 Å². The Kier molecular flexibility index (Phi) is 9.92. The van der Waals surface area contributed by atoms with Crippen LogP contribution in [0.25, 0.3) is 11.1 Å². The minimum absolute atomic E-state index is 0.308.